The Morgan fingerprint density at radius 3 is 2.52 bits per heavy atom. The van der Waals surface area contributed by atoms with Crippen LogP contribution in [0.3, 0.4) is 0 Å². The highest BCUT2D eigenvalue weighted by Crippen LogP contribution is 2.33. The molecule has 2 aromatic rings. The molecule has 2 aliphatic rings. The van der Waals surface area contributed by atoms with E-state index in [1.54, 1.807) is 6.07 Å². The topological polar surface area (TPSA) is 69.0 Å². The number of aliphatic hydroxyl groups is 1. The fraction of sp³-hybridized carbons (Fsp3) is 0.409. The van der Waals surface area contributed by atoms with Crippen LogP contribution in [0.5, 0.6) is 0 Å². The monoisotopic (exact) mass is 498 g/mol. The average Bonchev–Trinajstić information content (AvgIpc) is 3.09. The third kappa shape index (κ3) is 5.51. The number of hydrogen-bond donors (Lipinski definition) is 1. The van der Waals surface area contributed by atoms with Gasteiger partial charge in [0.25, 0.3) is 5.91 Å². The highest BCUT2D eigenvalue weighted by atomic mass is 35.5. The Hall–Kier alpha value is -2.14. The number of aliphatic imine (C=N–C) groups is 1. The molecule has 0 saturated carbocycles. The fourth-order valence-electron chi connectivity index (χ4n) is 3.88. The molecule has 0 spiro atoms. The first-order valence-electron chi connectivity index (χ1n) is 10.4. The SMILES string of the molecule is O=C1C(CC(O)CN2CCSCC2)N=C(c2ccncc2Cl)N1c1ccc(C(F)(F)F)cc1. The minimum atomic E-state index is -4.49. The van der Waals surface area contributed by atoms with Gasteiger partial charge < -0.3 is 5.11 Å². The number of carbonyl (C=O) groups excluding carboxylic acids is 1. The lowest BCUT2D eigenvalue weighted by Gasteiger charge is -2.28. The van der Waals surface area contributed by atoms with Gasteiger partial charge >= 0.3 is 6.18 Å². The van der Waals surface area contributed by atoms with Crippen LogP contribution >= 0.6 is 23.4 Å². The number of thioether (sulfide) groups is 1. The van der Waals surface area contributed by atoms with E-state index in [2.05, 4.69) is 14.9 Å². The van der Waals surface area contributed by atoms with Gasteiger partial charge in [0, 0.05) is 55.5 Å². The van der Waals surface area contributed by atoms with Crippen LogP contribution in [-0.2, 0) is 11.0 Å². The largest absolute Gasteiger partial charge is 0.416 e. The molecule has 6 nitrogen and oxygen atoms in total. The normalized spacial score (nSPS) is 20.8. The second-order valence-electron chi connectivity index (χ2n) is 7.84. The van der Waals surface area contributed by atoms with Crippen LogP contribution < -0.4 is 4.90 Å². The number of amidine groups is 1. The molecular formula is C22H22ClF3N4O2S. The van der Waals surface area contributed by atoms with Gasteiger partial charge in [0.05, 0.1) is 22.4 Å². The predicted molar refractivity (Wildman–Crippen MR) is 123 cm³/mol. The van der Waals surface area contributed by atoms with Crippen molar-refractivity contribution in [1.82, 2.24) is 9.88 Å². The molecule has 1 N–H and O–H groups in total. The molecular weight excluding hydrogens is 477 g/mol. The standard InChI is InChI=1S/C22H22ClF3N4O2S/c23-18-12-27-6-5-17(18)20-28-19(11-16(31)13-29-7-9-33-10-8-29)21(32)30(20)15-3-1-14(2-4-15)22(24,25)26/h1-6,12,16,19,31H,7-11,13H2. The van der Waals surface area contributed by atoms with E-state index in [0.717, 1.165) is 36.7 Å². The van der Waals surface area contributed by atoms with Crippen molar-refractivity contribution in [2.45, 2.75) is 24.7 Å². The number of carbonyl (C=O) groups is 1. The molecule has 4 rings (SSSR count). The first-order chi connectivity index (χ1) is 15.7. The van der Waals surface area contributed by atoms with Gasteiger partial charge in [0.1, 0.15) is 11.9 Å². The lowest BCUT2D eigenvalue weighted by molar-refractivity contribution is -0.137. The molecule has 176 valence electrons. The van der Waals surface area contributed by atoms with E-state index in [1.165, 1.54) is 29.4 Å². The Morgan fingerprint density at radius 2 is 1.88 bits per heavy atom. The Morgan fingerprint density at radius 1 is 1.18 bits per heavy atom. The van der Waals surface area contributed by atoms with Crippen molar-refractivity contribution in [2.24, 2.45) is 4.99 Å². The van der Waals surface area contributed by atoms with Crippen LogP contribution in [0.25, 0.3) is 0 Å². The molecule has 33 heavy (non-hydrogen) atoms. The third-order valence-corrected chi connectivity index (χ3v) is 6.77. The summed E-state index contributed by atoms with van der Waals surface area (Å²) in [5.41, 5.74) is -0.139. The average molecular weight is 499 g/mol. The molecule has 1 aromatic carbocycles. The molecule has 1 amide bonds. The molecule has 1 aromatic heterocycles. The molecule has 2 aliphatic heterocycles. The number of amides is 1. The minimum absolute atomic E-state index is 0.103. The van der Waals surface area contributed by atoms with Gasteiger partial charge in [-0.2, -0.15) is 24.9 Å². The van der Waals surface area contributed by atoms with E-state index in [4.69, 9.17) is 11.6 Å². The Labute approximate surface area is 198 Å². The summed E-state index contributed by atoms with van der Waals surface area (Å²) in [7, 11) is 0. The molecule has 3 heterocycles. The highest BCUT2D eigenvalue weighted by Gasteiger charge is 2.39. The fourth-order valence-corrected chi connectivity index (χ4v) is 5.06. The van der Waals surface area contributed by atoms with Gasteiger partial charge in [0.15, 0.2) is 0 Å². The number of nitrogens with zero attached hydrogens (tertiary/aromatic N) is 4. The Bertz CT molecular complexity index is 1030. The van der Waals surface area contributed by atoms with E-state index >= 15 is 0 Å². The summed E-state index contributed by atoms with van der Waals surface area (Å²) in [6.07, 6.45) is -2.25. The van der Waals surface area contributed by atoms with E-state index in [9.17, 15) is 23.1 Å². The quantitative estimate of drug-likeness (QED) is 0.657. The first kappa shape index (κ1) is 24.0. The number of anilines is 1. The van der Waals surface area contributed by atoms with Gasteiger partial charge in [-0.25, -0.2) is 0 Å². The summed E-state index contributed by atoms with van der Waals surface area (Å²) >= 11 is 8.15. The Kier molecular flexibility index (Phi) is 7.28. The zero-order chi connectivity index (χ0) is 23.6. The number of aromatic nitrogens is 1. The number of aliphatic hydroxyl groups excluding tert-OH is 1. The summed E-state index contributed by atoms with van der Waals surface area (Å²) in [6.45, 7) is 2.18. The molecule has 0 radical (unpaired) electrons. The molecule has 2 unspecified atom stereocenters. The van der Waals surface area contributed by atoms with E-state index < -0.39 is 29.8 Å². The highest BCUT2D eigenvalue weighted by molar-refractivity contribution is 7.99. The predicted octanol–water partition coefficient (Wildman–Crippen LogP) is 3.72. The van der Waals surface area contributed by atoms with Crippen molar-refractivity contribution >= 4 is 40.8 Å². The van der Waals surface area contributed by atoms with Gasteiger partial charge in [0.2, 0.25) is 0 Å². The van der Waals surface area contributed by atoms with Gasteiger partial charge in [-0.05, 0) is 30.3 Å². The van der Waals surface area contributed by atoms with E-state index in [0.29, 0.717) is 12.1 Å². The zero-order valence-corrected chi connectivity index (χ0v) is 19.1. The zero-order valence-electron chi connectivity index (χ0n) is 17.5. The summed E-state index contributed by atoms with van der Waals surface area (Å²) in [4.78, 5) is 25.2. The van der Waals surface area contributed by atoms with Crippen molar-refractivity contribution in [2.75, 3.05) is 36.0 Å². The molecule has 11 heteroatoms. The number of hydrogen-bond acceptors (Lipinski definition) is 6. The second kappa shape index (κ2) is 10.0. The maximum Gasteiger partial charge on any atom is 0.416 e. The number of alkyl halides is 3. The number of rotatable bonds is 6. The maximum absolute atomic E-state index is 13.3. The van der Waals surface area contributed by atoms with Crippen LogP contribution in [0.2, 0.25) is 5.02 Å². The lowest BCUT2D eigenvalue weighted by atomic mass is 10.1. The van der Waals surface area contributed by atoms with Crippen molar-refractivity contribution in [1.29, 1.82) is 0 Å². The lowest BCUT2D eigenvalue weighted by Crippen LogP contribution is -2.41. The molecule has 1 fully saturated rings. The number of β-amino-alcohol motifs (C(OH)–C–C–N with tert-alkyl or cyclic N) is 1. The number of benzene rings is 1. The molecule has 0 aliphatic carbocycles. The molecule has 2 atom stereocenters. The summed E-state index contributed by atoms with van der Waals surface area (Å²) in [5, 5.41) is 10.9. The van der Waals surface area contributed by atoms with Crippen molar-refractivity contribution < 1.29 is 23.1 Å². The minimum Gasteiger partial charge on any atom is -0.392 e. The van der Waals surface area contributed by atoms with Crippen LogP contribution in [-0.4, -0.2) is 70.0 Å². The van der Waals surface area contributed by atoms with E-state index in [1.807, 2.05) is 11.8 Å². The Balaban J connectivity index is 1.60. The van der Waals surface area contributed by atoms with Crippen LogP contribution in [0.4, 0.5) is 18.9 Å². The van der Waals surface area contributed by atoms with Crippen LogP contribution in [0, 0.1) is 0 Å². The number of halogens is 4. The number of pyridine rings is 1. The third-order valence-electron chi connectivity index (χ3n) is 5.53. The maximum atomic E-state index is 13.3. The van der Waals surface area contributed by atoms with Crippen molar-refractivity contribution in [3.05, 3.63) is 58.9 Å². The van der Waals surface area contributed by atoms with E-state index in [-0.39, 0.29) is 23.0 Å². The molecule has 1 saturated heterocycles. The van der Waals surface area contributed by atoms with Gasteiger partial charge in [-0.1, -0.05) is 11.6 Å². The van der Waals surface area contributed by atoms with Gasteiger partial charge in [-0.15, -0.1) is 0 Å². The second-order valence-corrected chi connectivity index (χ2v) is 9.48. The summed E-state index contributed by atoms with van der Waals surface area (Å²) in [6, 6.07) is 5.03. The first-order valence-corrected chi connectivity index (χ1v) is 11.9. The van der Waals surface area contributed by atoms with Crippen molar-refractivity contribution in [3.63, 3.8) is 0 Å². The van der Waals surface area contributed by atoms with Gasteiger partial charge in [-0.3, -0.25) is 24.6 Å². The smallest absolute Gasteiger partial charge is 0.392 e. The summed E-state index contributed by atoms with van der Waals surface area (Å²) in [5.74, 6) is 1.80. The molecule has 0 bridgehead atoms. The summed E-state index contributed by atoms with van der Waals surface area (Å²) < 4.78 is 39.0. The van der Waals surface area contributed by atoms with Crippen molar-refractivity contribution in [3.8, 4) is 0 Å². The van der Waals surface area contributed by atoms with Crippen LogP contribution in [0.1, 0.15) is 17.5 Å². The van der Waals surface area contributed by atoms with Crippen LogP contribution in [0.15, 0.2) is 47.7 Å².